The number of hydrogen-bond acceptors (Lipinski definition) is 3. The van der Waals surface area contributed by atoms with Crippen molar-refractivity contribution in [1.82, 2.24) is 5.32 Å². The molecule has 1 aromatic carbocycles. The van der Waals surface area contributed by atoms with Crippen LogP contribution in [0.4, 0.5) is 0 Å². The summed E-state index contributed by atoms with van der Waals surface area (Å²) in [5, 5.41) is 24.2. The van der Waals surface area contributed by atoms with Gasteiger partial charge in [0.05, 0.1) is 6.10 Å². The number of benzene rings is 1. The molecule has 19 heavy (non-hydrogen) atoms. The number of phenols is 1. The molecular weight excluding hydrogens is 238 g/mol. The van der Waals surface area contributed by atoms with Gasteiger partial charge in [-0.05, 0) is 56.2 Å². The maximum Gasteiger partial charge on any atom is 0.119 e. The third-order valence-electron chi connectivity index (χ3n) is 5.65. The van der Waals surface area contributed by atoms with Gasteiger partial charge in [-0.15, -0.1) is 0 Å². The van der Waals surface area contributed by atoms with Crippen LogP contribution in [-0.2, 0) is 11.8 Å². The molecule has 4 rings (SSSR count). The number of aliphatic hydroxyl groups is 1. The van der Waals surface area contributed by atoms with Crippen molar-refractivity contribution in [2.24, 2.45) is 5.92 Å². The second-order valence-electron chi connectivity index (χ2n) is 6.52. The van der Waals surface area contributed by atoms with E-state index < -0.39 is 0 Å². The summed E-state index contributed by atoms with van der Waals surface area (Å²) in [4.78, 5) is 0. The third-order valence-corrected chi connectivity index (χ3v) is 5.65. The van der Waals surface area contributed by atoms with Gasteiger partial charge in [-0.3, -0.25) is 0 Å². The fourth-order valence-electron chi connectivity index (χ4n) is 5.01. The van der Waals surface area contributed by atoms with Crippen molar-refractivity contribution in [3.05, 3.63) is 29.3 Å². The highest BCUT2D eigenvalue weighted by atomic mass is 16.3. The minimum atomic E-state index is -0.208. The molecular formula is C16H21NO2. The zero-order chi connectivity index (χ0) is 13.0. The van der Waals surface area contributed by atoms with Gasteiger partial charge in [0, 0.05) is 17.0 Å². The first-order chi connectivity index (χ1) is 9.21. The van der Waals surface area contributed by atoms with Crippen molar-refractivity contribution in [2.75, 3.05) is 6.54 Å². The lowest BCUT2D eigenvalue weighted by molar-refractivity contribution is 0.00264. The van der Waals surface area contributed by atoms with Gasteiger partial charge < -0.3 is 15.5 Å². The number of phenolic OH excluding ortho intramolecular Hbond substituents is 1. The highest BCUT2D eigenvalue weighted by Gasteiger charge is 2.54. The third kappa shape index (κ3) is 1.52. The van der Waals surface area contributed by atoms with E-state index in [1.54, 1.807) is 0 Å². The predicted octanol–water partition coefficient (Wildman–Crippen LogP) is 1.71. The number of fused-ring (bicyclic) bond motifs is 1. The lowest BCUT2D eigenvalue weighted by Gasteiger charge is -2.56. The van der Waals surface area contributed by atoms with Gasteiger partial charge in [0.1, 0.15) is 5.75 Å². The van der Waals surface area contributed by atoms with Crippen molar-refractivity contribution in [2.45, 2.75) is 49.7 Å². The summed E-state index contributed by atoms with van der Waals surface area (Å²) in [5.74, 6) is 1.02. The van der Waals surface area contributed by atoms with Crippen molar-refractivity contribution in [3.8, 4) is 5.75 Å². The molecule has 102 valence electrons. The quantitative estimate of drug-likeness (QED) is 0.665. The van der Waals surface area contributed by atoms with Gasteiger partial charge in [-0.25, -0.2) is 0 Å². The molecule has 3 nitrogen and oxygen atoms in total. The van der Waals surface area contributed by atoms with E-state index in [-0.39, 0.29) is 11.5 Å². The standard InChI is InChI=1S/C16H21NO2/c18-11-4-5-12-13-8-10-2-1-3-14(19)15(10)16(12,9-11)6-7-17-13/h1-3,11-13,17-19H,4-9H2/t11?,12-,13+,16-/m0/s1. The first kappa shape index (κ1) is 11.7. The van der Waals surface area contributed by atoms with Gasteiger partial charge in [0.15, 0.2) is 0 Å². The molecule has 0 spiro atoms. The maximum atomic E-state index is 10.4. The van der Waals surface area contributed by atoms with Gasteiger partial charge in [-0.1, -0.05) is 12.1 Å². The lowest BCUT2D eigenvalue weighted by Crippen LogP contribution is -2.61. The largest absolute Gasteiger partial charge is 0.508 e. The summed E-state index contributed by atoms with van der Waals surface area (Å²) in [7, 11) is 0. The van der Waals surface area contributed by atoms with E-state index in [4.69, 9.17) is 0 Å². The van der Waals surface area contributed by atoms with E-state index in [0.717, 1.165) is 44.2 Å². The Bertz CT molecular complexity index is 515. The Balaban J connectivity index is 1.93. The fourth-order valence-corrected chi connectivity index (χ4v) is 5.01. The van der Waals surface area contributed by atoms with Gasteiger partial charge in [0.25, 0.3) is 0 Å². The van der Waals surface area contributed by atoms with Crippen LogP contribution in [-0.4, -0.2) is 28.9 Å². The van der Waals surface area contributed by atoms with Crippen LogP contribution in [0.3, 0.4) is 0 Å². The van der Waals surface area contributed by atoms with E-state index in [0.29, 0.717) is 17.7 Å². The van der Waals surface area contributed by atoms with Crippen LogP contribution in [0.2, 0.25) is 0 Å². The summed E-state index contributed by atoms with van der Waals surface area (Å²) < 4.78 is 0. The van der Waals surface area contributed by atoms with E-state index in [1.807, 2.05) is 12.1 Å². The Kier molecular flexibility index (Phi) is 2.45. The molecule has 1 saturated carbocycles. The van der Waals surface area contributed by atoms with Crippen molar-refractivity contribution in [1.29, 1.82) is 0 Å². The van der Waals surface area contributed by atoms with Crippen molar-refractivity contribution in [3.63, 3.8) is 0 Å². The van der Waals surface area contributed by atoms with Crippen LogP contribution in [0.5, 0.6) is 5.75 Å². The Hall–Kier alpha value is -1.06. The average molecular weight is 259 g/mol. The summed E-state index contributed by atoms with van der Waals surface area (Å²) in [6.07, 6.45) is 4.66. The molecule has 1 heterocycles. The second-order valence-corrected chi connectivity index (χ2v) is 6.52. The number of rotatable bonds is 0. The smallest absolute Gasteiger partial charge is 0.119 e. The number of nitrogens with one attached hydrogen (secondary N) is 1. The first-order valence-corrected chi connectivity index (χ1v) is 7.43. The molecule has 4 atom stereocenters. The Labute approximate surface area is 113 Å². The number of hydrogen-bond donors (Lipinski definition) is 3. The van der Waals surface area contributed by atoms with Crippen molar-refractivity contribution >= 4 is 0 Å². The predicted molar refractivity (Wildman–Crippen MR) is 73.2 cm³/mol. The summed E-state index contributed by atoms with van der Waals surface area (Å²) >= 11 is 0. The molecule has 0 radical (unpaired) electrons. The molecule has 3 aliphatic rings. The lowest BCUT2D eigenvalue weighted by atomic mass is 9.52. The van der Waals surface area contributed by atoms with E-state index in [1.165, 1.54) is 5.56 Å². The van der Waals surface area contributed by atoms with Crippen LogP contribution >= 0.6 is 0 Å². The summed E-state index contributed by atoms with van der Waals surface area (Å²) in [6, 6.07) is 6.43. The molecule has 1 saturated heterocycles. The fraction of sp³-hybridized carbons (Fsp3) is 0.625. The minimum absolute atomic E-state index is 0.00646. The molecule has 1 aliphatic heterocycles. The number of aliphatic hydroxyl groups excluding tert-OH is 1. The monoisotopic (exact) mass is 259 g/mol. The topological polar surface area (TPSA) is 52.5 Å². The summed E-state index contributed by atoms with van der Waals surface area (Å²) in [5.41, 5.74) is 2.44. The zero-order valence-electron chi connectivity index (χ0n) is 11.1. The maximum absolute atomic E-state index is 10.4. The molecule has 1 unspecified atom stereocenters. The van der Waals surface area contributed by atoms with Crippen LogP contribution in [0, 0.1) is 5.92 Å². The Morgan fingerprint density at radius 2 is 2.16 bits per heavy atom. The van der Waals surface area contributed by atoms with E-state index in [2.05, 4.69) is 11.4 Å². The highest BCUT2D eigenvalue weighted by Crippen LogP contribution is 2.55. The second kappa shape index (κ2) is 3.97. The molecule has 1 aromatic rings. The van der Waals surface area contributed by atoms with Crippen molar-refractivity contribution < 1.29 is 10.2 Å². The number of aromatic hydroxyl groups is 1. The molecule has 3 N–H and O–H groups in total. The van der Waals surface area contributed by atoms with E-state index in [9.17, 15) is 10.2 Å². The van der Waals surface area contributed by atoms with Gasteiger partial charge in [-0.2, -0.15) is 0 Å². The normalized spacial score (nSPS) is 40.4. The van der Waals surface area contributed by atoms with Crippen LogP contribution in [0.15, 0.2) is 18.2 Å². The van der Waals surface area contributed by atoms with E-state index >= 15 is 0 Å². The average Bonchev–Trinajstić information content (AvgIpc) is 2.37. The Morgan fingerprint density at radius 3 is 3.05 bits per heavy atom. The van der Waals surface area contributed by atoms with Crippen LogP contribution < -0.4 is 5.32 Å². The zero-order valence-corrected chi connectivity index (χ0v) is 11.1. The Morgan fingerprint density at radius 1 is 1.26 bits per heavy atom. The SMILES string of the molecule is Oc1cccc2c1[C@]13CCN[C@H](C2)[C@@H]1CCC(O)C3. The summed E-state index contributed by atoms with van der Waals surface area (Å²) in [6.45, 7) is 1.00. The van der Waals surface area contributed by atoms with Crippen LogP contribution in [0.1, 0.15) is 36.8 Å². The van der Waals surface area contributed by atoms with Gasteiger partial charge in [0.2, 0.25) is 0 Å². The molecule has 2 aliphatic carbocycles. The number of piperidine rings is 1. The first-order valence-electron chi connectivity index (χ1n) is 7.43. The molecule has 2 bridgehead atoms. The molecule has 3 heteroatoms. The molecule has 2 fully saturated rings. The van der Waals surface area contributed by atoms with Crippen LogP contribution in [0.25, 0.3) is 0 Å². The highest BCUT2D eigenvalue weighted by molar-refractivity contribution is 5.49. The molecule has 0 amide bonds. The minimum Gasteiger partial charge on any atom is -0.508 e. The van der Waals surface area contributed by atoms with Gasteiger partial charge >= 0.3 is 0 Å². The molecule has 0 aromatic heterocycles.